The number of carbonyl (C=O) groups is 1. The molecule has 0 atom stereocenters. The van der Waals surface area contributed by atoms with Gasteiger partial charge in [-0.3, -0.25) is 9.20 Å². The van der Waals surface area contributed by atoms with Crippen molar-refractivity contribution < 1.29 is 27.4 Å². The van der Waals surface area contributed by atoms with Crippen LogP contribution in [0.3, 0.4) is 0 Å². The molecule has 4 rings (SSSR count). The van der Waals surface area contributed by atoms with Gasteiger partial charge in [0.05, 0.1) is 24.6 Å². The van der Waals surface area contributed by atoms with Crippen molar-refractivity contribution in [1.29, 1.82) is 0 Å². The zero-order valence-corrected chi connectivity index (χ0v) is 18.6. The number of amides is 1. The van der Waals surface area contributed by atoms with Gasteiger partial charge < -0.3 is 19.3 Å². The highest BCUT2D eigenvalue weighted by Gasteiger charge is 2.37. The van der Waals surface area contributed by atoms with Crippen LogP contribution in [0.5, 0.6) is 11.5 Å². The van der Waals surface area contributed by atoms with Crippen molar-refractivity contribution in [2.75, 3.05) is 47.4 Å². The first-order chi connectivity index (χ1) is 15.7. The van der Waals surface area contributed by atoms with E-state index in [-0.39, 0.29) is 17.9 Å². The average molecular weight is 462 g/mol. The molecule has 0 radical (unpaired) electrons. The second kappa shape index (κ2) is 8.93. The highest BCUT2D eigenvalue weighted by atomic mass is 19.4. The van der Waals surface area contributed by atoms with Gasteiger partial charge in [-0.05, 0) is 44.3 Å². The Labute approximate surface area is 189 Å². The van der Waals surface area contributed by atoms with Crippen molar-refractivity contribution in [1.82, 2.24) is 19.2 Å². The third-order valence-corrected chi connectivity index (χ3v) is 5.51. The summed E-state index contributed by atoms with van der Waals surface area (Å²) in [5.41, 5.74) is 3.07. The number of imidazole rings is 1. The van der Waals surface area contributed by atoms with Gasteiger partial charge in [-0.15, -0.1) is 0 Å². The van der Waals surface area contributed by atoms with Crippen molar-refractivity contribution in [2.24, 2.45) is 0 Å². The van der Waals surface area contributed by atoms with Crippen molar-refractivity contribution in [3.05, 3.63) is 47.8 Å². The largest absolute Gasteiger partial charge is 0.496 e. The van der Waals surface area contributed by atoms with E-state index in [1.807, 2.05) is 47.8 Å². The Morgan fingerprint density at radius 2 is 2.00 bits per heavy atom. The molecule has 0 fully saturated rings. The van der Waals surface area contributed by atoms with Crippen LogP contribution in [0.4, 0.5) is 13.2 Å². The van der Waals surface area contributed by atoms with Crippen LogP contribution in [0.1, 0.15) is 15.9 Å². The first-order valence-corrected chi connectivity index (χ1v) is 10.5. The summed E-state index contributed by atoms with van der Waals surface area (Å²) in [5, 5.41) is 0. The fraction of sp³-hybridized carbons (Fsp3) is 0.391. The molecule has 3 aromatic rings. The van der Waals surface area contributed by atoms with Crippen LogP contribution in [-0.2, 0) is 6.42 Å². The Morgan fingerprint density at radius 3 is 2.70 bits per heavy atom. The van der Waals surface area contributed by atoms with Gasteiger partial charge in [0.15, 0.2) is 0 Å². The van der Waals surface area contributed by atoms with Gasteiger partial charge in [-0.25, -0.2) is 4.98 Å². The molecule has 3 heterocycles. The van der Waals surface area contributed by atoms with Crippen molar-refractivity contribution >= 4 is 11.6 Å². The lowest BCUT2D eigenvalue weighted by Gasteiger charge is -2.30. The maximum atomic E-state index is 12.9. The maximum Gasteiger partial charge on any atom is 0.406 e. The molecule has 1 amide bonds. The SMILES string of the molecule is COc1cc(-c2cnc3cc(OCCN(C)C)ccn23)cc2c1C(=O)N(CC(F)(F)F)CC2. The summed E-state index contributed by atoms with van der Waals surface area (Å²) >= 11 is 0. The van der Waals surface area contributed by atoms with Gasteiger partial charge >= 0.3 is 6.18 Å². The number of hydrogen-bond donors (Lipinski definition) is 0. The molecule has 1 aliphatic heterocycles. The number of nitrogens with zero attached hydrogens (tertiary/aromatic N) is 4. The summed E-state index contributed by atoms with van der Waals surface area (Å²) in [7, 11) is 5.35. The second-order valence-electron chi connectivity index (χ2n) is 8.19. The van der Waals surface area contributed by atoms with Crippen LogP contribution in [0.2, 0.25) is 0 Å². The molecule has 0 unspecified atom stereocenters. The van der Waals surface area contributed by atoms with E-state index in [0.717, 1.165) is 22.7 Å². The molecule has 0 bridgehead atoms. The van der Waals surface area contributed by atoms with Crippen LogP contribution >= 0.6 is 0 Å². The van der Waals surface area contributed by atoms with E-state index in [1.165, 1.54) is 7.11 Å². The number of alkyl halides is 3. The van der Waals surface area contributed by atoms with Crippen LogP contribution in [0, 0.1) is 0 Å². The fourth-order valence-electron chi connectivity index (χ4n) is 3.92. The molecular weight excluding hydrogens is 437 g/mol. The van der Waals surface area contributed by atoms with Crippen molar-refractivity contribution in [2.45, 2.75) is 12.6 Å². The van der Waals surface area contributed by atoms with E-state index < -0.39 is 18.6 Å². The van der Waals surface area contributed by atoms with Gasteiger partial charge in [0.1, 0.15) is 30.3 Å². The van der Waals surface area contributed by atoms with E-state index >= 15 is 0 Å². The highest BCUT2D eigenvalue weighted by molar-refractivity contribution is 6.00. The standard InChI is InChI=1S/C23H25F3N4O3/c1-28(2)8-9-33-17-5-7-30-18(13-27-20(30)12-17)16-10-15-4-6-29(14-23(24,25)26)22(31)21(15)19(11-16)32-3/h5,7,10-13H,4,6,8-9,14H2,1-3H3. The zero-order chi connectivity index (χ0) is 23.8. The third-order valence-electron chi connectivity index (χ3n) is 5.51. The lowest BCUT2D eigenvalue weighted by atomic mass is 9.94. The molecule has 1 aliphatic rings. The molecule has 0 aliphatic carbocycles. The molecule has 2 aromatic heterocycles. The number of methoxy groups -OCH3 is 1. The number of fused-ring (bicyclic) bond motifs is 2. The summed E-state index contributed by atoms with van der Waals surface area (Å²) in [5.74, 6) is 0.285. The number of likely N-dealkylation sites (N-methyl/N-ethyl adjacent to an activating group) is 1. The summed E-state index contributed by atoms with van der Waals surface area (Å²) < 4.78 is 51.6. The Bertz CT molecular complexity index is 1160. The number of benzene rings is 1. The molecule has 0 saturated carbocycles. The lowest BCUT2D eigenvalue weighted by Crippen LogP contribution is -2.43. The molecule has 1 aromatic carbocycles. The summed E-state index contributed by atoms with van der Waals surface area (Å²) in [6, 6.07) is 7.18. The van der Waals surface area contributed by atoms with Gasteiger partial charge in [0, 0.05) is 30.9 Å². The Kier molecular flexibility index (Phi) is 6.20. The Hall–Kier alpha value is -3.27. The Morgan fingerprint density at radius 1 is 1.21 bits per heavy atom. The number of halogens is 3. The van der Waals surface area contributed by atoms with Crippen molar-refractivity contribution in [3.8, 4) is 22.8 Å². The summed E-state index contributed by atoms with van der Waals surface area (Å²) in [6.07, 6.45) is -0.584. The molecule has 7 nitrogen and oxygen atoms in total. The van der Waals surface area contributed by atoms with E-state index in [0.29, 0.717) is 30.0 Å². The van der Waals surface area contributed by atoms with E-state index in [9.17, 15) is 18.0 Å². The molecule has 0 N–H and O–H groups in total. The first kappa shape index (κ1) is 22.9. The molecule has 0 saturated heterocycles. The van der Waals surface area contributed by atoms with Gasteiger partial charge in [-0.1, -0.05) is 0 Å². The first-order valence-electron chi connectivity index (χ1n) is 10.5. The van der Waals surface area contributed by atoms with Crippen LogP contribution in [-0.4, -0.2) is 78.7 Å². The minimum atomic E-state index is -4.45. The molecule has 176 valence electrons. The van der Waals surface area contributed by atoms with Crippen LogP contribution in [0.15, 0.2) is 36.7 Å². The predicted molar refractivity (Wildman–Crippen MR) is 117 cm³/mol. The molecule has 33 heavy (non-hydrogen) atoms. The normalized spacial score (nSPS) is 14.2. The minimum absolute atomic E-state index is 0.00124. The van der Waals surface area contributed by atoms with E-state index in [1.54, 1.807) is 12.3 Å². The lowest BCUT2D eigenvalue weighted by molar-refractivity contribution is -0.141. The number of pyridine rings is 1. The smallest absolute Gasteiger partial charge is 0.406 e. The average Bonchev–Trinajstić information content (AvgIpc) is 3.17. The quantitative estimate of drug-likeness (QED) is 0.538. The van der Waals surface area contributed by atoms with Crippen LogP contribution < -0.4 is 9.47 Å². The van der Waals surface area contributed by atoms with Crippen LogP contribution in [0.25, 0.3) is 16.9 Å². The van der Waals surface area contributed by atoms with Gasteiger partial charge in [0.25, 0.3) is 5.91 Å². The minimum Gasteiger partial charge on any atom is -0.496 e. The maximum absolute atomic E-state index is 12.9. The molecular formula is C23H25F3N4O3. The number of ether oxygens (including phenoxy) is 2. The van der Waals surface area contributed by atoms with Crippen molar-refractivity contribution in [3.63, 3.8) is 0 Å². The monoisotopic (exact) mass is 462 g/mol. The zero-order valence-electron chi connectivity index (χ0n) is 18.6. The predicted octanol–water partition coefficient (Wildman–Crippen LogP) is 3.51. The molecule has 0 spiro atoms. The Balaban J connectivity index is 1.65. The van der Waals surface area contributed by atoms with E-state index in [2.05, 4.69) is 4.98 Å². The number of hydrogen-bond acceptors (Lipinski definition) is 5. The van der Waals surface area contributed by atoms with Gasteiger partial charge in [-0.2, -0.15) is 13.2 Å². The van der Waals surface area contributed by atoms with E-state index in [4.69, 9.17) is 9.47 Å². The summed E-state index contributed by atoms with van der Waals surface area (Å²) in [4.78, 5) is 20.1. The molecule has 10 heteroatoms. The summed E-state index contributed by atoms with van der Waals surface area (Å²) in [6.45, 7) is 0.0677. The van der Waals surface area contributed by atoms with Gasteiger partial charge in [0.2, 0.25) is 0 Å². The highest BCUT2D eigenvalue weighted by Crippen LogP contribution is 2.35. The topological polar surface area (TPSA) is 59.3 Å². The number of carbonyl (C=O) groups excluding carboxylic acids is 1. The number of rotatable bonds is 7. The second-order valence-corrected chi connectivity index (χ2v) is 8.19. The third kappa shape index (κ3) is 4.90. The number of aromatic nitrogens is 2. The fourth-order valence-corrected chi connectivity index (χ4v) is 3.92.